The van der Waals surface area contributed by atoms with E-state index in [0.717, 1.165) is 27.3 Å². The molecule has 0 heterocycles. The summed E-state index contributed by atoms with van der Waals surface area (Å²) in [4.78, 5) is 12.9. The number of hydrogen-bond donors (Lipinski definition) is 2. The van der Waals surface area contributed by atoms with Crippen LogP contribution in [0.15, 0.2) is 71.6 Å². The molecule has 3 aromatic carbocycles. The Morgan fingerprint density at radius 2 is 1.37 bits per heavy atom. The highest BCUT2D eigenvalue weighted by atomic mass is 32.2. The quantitative estimate of drug-likeness (QED) is 0.467. The van der Waals surface area contributed by atoms with Gasteiger partial charge in [-0.3, -0.25) is 13.8 Å². The van der Waals surface area contributed by atoms with E-state index in [2.05, 4.69) is 10.0 Å². The van der Waals surface area contributed by atoms with Gasteiger partial charge in [0.25, 0.3) is 10.0 Å². The van der Waals surface area contributed by atoms with Crippen molar-refractivity contribution in [2.45, 2.75) is 38.6 Å². The minimum atomic E-state index is -3.84. The molecule has 3 rings (SSSR count). The van der Waals surface area contributed by atoms with Crippen LogP contribution in [0.3, 0.4) is 0 Å². The topological polar surface area (TPSA) is 113 Å². The summed E-state index contributed by atoms with van der Waals surface area (Å²) < 4.78 is 54.3. The fraction of sp³-hybridized carbons (Fsp3) is 0.240. The van der Waals surface area contributed by atoms with Gasteiger partial charge >= 0.3 is 0 Å². The van der Waals surface area contributed by atoms with Gasteiger partial charge < -0.3 is 5.32 Å². The molecule has 0 aliphatic rings. The van der Waals surface area contributed by atoms with Crippen LogP contribution in [0, 0.1) is 20.8 Å². The molecular formula is C25H29N3O5S2. The van der Waals surface area contributed by atoms with Gasteiger partial charge in [0.05, 0.1) is 22.5 Å². The normalized spacial score (nSPS) is 12.6. The van der Waals surface area contributed by atoms with Crippen molar-refractivity contribution >= 4 is 43.0 Å². The zero-order valence-corrected chi connectivity index (χ0v) is 21.9. The highest BCUT2D eigenvalue weighted by molar-refractivity contribution is 7.92. The Morgan fingerprint density at radius 3 is 1.89 bits per heavy atom. The number of sulfonamides is 2. The number of aryl methyl sites for hydroxylation is 3. The second-order valence-corrected chi connectivity index (χ2v) is 12.0. The van der Waals surface area contributed by atoms with E-state index < -0.39 is 32.0 Å². The molecular weight excluding hydrogens is 486 g/mol. The predicted molar refractivity (Wildman–Crippen MR) is 140 cm³/mol. The van der Waals surface area contributed by atoms with Crippen molar-refractivity contribution in [2.75, 3.05) is 20.6 Å². The molecule has 0 fully saturated rings. The van der Waals surface area contributed by atoms with Gasteiger partial charge in [0.15, 0.2) is 0 Å². The number of para-hydroxylation sites is 1. The maximum absolute atomic E-state index is 12.9. The molecule has 0 saturated heterocycles. The molecule has 0 radical (unpaired) electrons. The standard InChI is InChI=1S/C25H29N3O5S2/c1-17-9-13-22(14-10-17)28(34(5,30)31)20(4)25(29)26-21-11-15-23(16-12-21)35(32,33)27-24-18(2)7-6-8-19(24)3/h6-16,20,27H,1-5H3,(H,26,29). The lowest BCUT2D eigenvalue weighted by atomic mass is 10.1. The second-order valence-electron chi connectivity index (χ2n) is 8.46. The summed E-state index contributed by atoms with van der Waals surface area (Å²) in [6.07, 6.45) is 1.04. The number of nitrogens with one attached hydrogen (secondary N) is 2. The van der Waals surface area contributed by atoms with Gasteiger partial charge in [-0.1, -0.05) is 35.9 Å². The number of nitrogens with zero attached hydrogens (tertiary/aromatic N) is 1. The first-order valence-electron chi connectivity index (χ1n) is 10.9. The molecule has 2 N–H and O–H groups in total. The number of carbonyl (C=O) groups is 1. The first-order valence-corrected chi connectivity index (χ1v) is 14.2. The molecule has 35 heavy (non-hydrogen) atoms. The molecule has 0 spiro atoms. The molecule has 186 valence electrons. The molecule has 0 aromatic heterocycles. The Labute approximate surface area is 207 Å². The SMILES string of the molecule is Cc1ccc(N(C(C)C(=O)Nc2ccc(S(=O)(=O)Nc3c(C)cccc3C)cc2)S(C)(=O)=O)cc1. The van der Waals surface area contributed by atoms with Gasteiger partial charge in [-0.25, -0.2) is 16.8 Å². The van der Waals surface area contributed by atoms with Crippen LogP contribution in [0.4, 0.5) is 17.1 Å². The van der Waals surface area contributed by atoms with Crippen molar-refractivity contribution in [1.82, 2.24) is 0 Å². The summed E-state index contributed by atoms with van der Waals surface area (Å²) in [5.74, 6) is -0.555. The molecule has 0 bridgehead atoms. The molecule has 1 atom stereocenters. The monoisotopic (exact) mass is 515 g/mol. The van der Waals surface area contributed by atoms with Gasteiger partial charge in [0, 0.05) is 5.69 Å². The third-order valence-electron chi connectivity index (χ3n) is 5.53. The number of anilines is 3. The van der Waals surface area contributed by atoms with Gasteiger partial charge in [-0.2, -0.15) is 0 Å². The highest BCUT2D eigenvalue weighted by Gasteiger charge is 2.29. The third kappa shape index (κ3) is 6.20. The molecule has 10 heteroatoms. The minimum Gasteiger partial charge on any atom is -0.324 e. The van der Waals surface area contributed by atoms with E-state index in [9.17, 15) is 21.6 Å². The summed E-state index contributed by atoms with van der Waals surface area (Å²) in [5, 5.41) is 2.66. The zero-order chi connectivity index (χ0) is 26.0. The van der Waals surface area contributed by atoms with Gasteiger partial charge in [-0.15, -0.1) is 0 Å². The lowest BCUT2D eigenvalue weighted by Crippen LogP contribution is -2.45. The van der Waals surface area contributed by atoms with Gasteiger partial charge in [-0.05, 0) is 75.2 Å². The Hall–Kier alpha value is -3.37. The van der Waals surface area contributed by atoms with Crippen molar-refractivity contribution in [3.05, 3.63) is 83.4 Å². The summed E-state index contributed by atoms with van der Waals surface area (Å²) >= 11 is 0. The average molecular weight is 516 g/mol. The summed E-state index contributed by atoms with van der Waals surface area (Å²) in [5.41, 5.74) is 3.80. The Kier molecular flexibility index (Phi) is 7.56. The minimum absolute atomic E-state index is 0.0311. The van der Waals surface area contributed by atoms with Crippen LogP contribution in [0.2, 0.25) is 0 Å². The molecule has 1 amide bonds. The molecule has 3 aromatic rings. The Balaban J connectivity index is 1.78. The van der Waals surface area contributed by atoms with Crippen LogP contribution in [0.25, 0.3) is 0 Å². The van der Waals surface area contributed by atoms with Crippen molar-refractivity contribution in [1.29, 1.82) is 0 Å². The van der Waals surface area contributed by atoms with Crippen molar-refractivity contribution < 1.29 is 21.6 Å². The highest BCUT2D eigenvalue weighted by Crippen LogP contribution is 2.25. The lowest BCUT2D eigenvalue weighted by Gasteiger charge is -2.28. The van der Waals surface area contributed by atoms with Crippen molar-refractivity contribution in [2.24, 2.45) is 0 Å². The van der Waals surface area contributed by atoms with Crippen LogP contribution in [-0.2, 0) is 24.8 Å². The fourth-order valence-electron chi connectivity index (χ4n) is 3.63. The van der Waals surface area contributed by atoms with Crippen LogP contribution < -0.4 is 14.3 Å². The van der Waals surface area contributed by atoms with Crippen molar-refractivity contribution in [3.63, 3.8) is 0 Å². The lowest BCUT2D eigenvalue weighted by molar-refractivity contribution is -0.116. The number of carbonyl (C=O) groups excluding carboxylic acids is 1. The molecule has 8 nitrogen and oxygen atoms in total. The van der Waals surface area contributed by atoms with E-state index in [4.69, 9.17) is 0 Å². The smallest absolute Gasteiger partial charge is 0.261 e. The van der Waals surface area contributed by atoms with Crippen LogP contribution in [0.5, 0.6) is 0 Å². The largest absolute Gasteiger partial charge is 0.324 e. The number of rotatable bonds is 8. The second kappa shape index (κ2) is 10.1. The van der Waals surface area contributed by atoms with Crippen molar-refractivity contribution in [3.8, 4) is 0 Å². The van der Waals surface area contributed by atoms with E-state index in [1.54, 1.807) is 24.3 Å². The van der Waals surface area contributed by atoms with E-state index in [0.29, 0.717) is 17.1 Å². The van der Waals surface area contributed by atoms with Crippen LogP contribution in [-0.4, -0.2) is 35.0 Å². The predicted octanol–water partition coefficient (Wildman–Crippen LogP) is 4.21. The summed E-state index contributed by atoms with van der Waals surface area (Å²) in [6, 6.07) is 16.9. The third-order valence-corrected chi connectivity index (χ3v) is 8.13. The van der Waals surface area contributed by atoms with E-state index in [1.165, 1.54) is 31.2 Å². The first-order chi connectivity index (χ1) is 16.3. The summed E-state index contributed by atoms with van der Waals surface area (Å²) in [7, 11) is -7.59. The first kappa shape index (κ1) is 26.2. The molecule has 1 unspecified atom stereocenters. The zero-order valence-electron chi connectivity index (χ0n) is 20.2. The molecule has 0 saturated carbocycles. The Morgan fingerprint density at radius 1 is 0.829 bits per heavy atom. The fourth-order valence-corrected chi connectivity index (χ4v) is 6.01. The van der Waals surface area contributed by atoms with Crippen LogP contribution in [0.1, 0.15) is 23.6 Å². The van der Waals surface area contributed by atoms with Crippen LogP contribution >= 0.6 is 0 Å². The molecule has 0 aliphatic heterocycles. The summed E-state index contributed by atoms with van der Waals surface area (Å²) in [6.45, 7) is 7.01. The molecule has 0 aliphatic carbocycles. The maximum Gasteiger partial charge on any atom is 0.261 e. The maximum atomic E-state index is 12.9. The number of hydrogen-bond acceptors (Lipinski definition) is 5. The van der Waals surface area contributed by atoms with E-state index in [1.807, 2.05) is 39.0 Å². The number of amides is 1. The van der Waals surface area contributed by atoms with Gasteiger partial charge in [0.2, 0.25) is 15.9 Å². The number of benzene rings is 3. The Bertz CT molecular complexity index is 1410. The van der Waals surface area contributed by atoms with E-state index >= 15 is 0 Å². The van der Waals surface area contributed by atoms with Gasteiger partial charge in [0.1, 0.15) is 6.04 Å². The van der Waals surface area contributed by atoms with E-state index in [-0.39, 0.29) is 4.90 Å². The average Bonchev–Trinajstić information content (AvgIpc) is 2.77.